The minimum atomic E-state index is -5.42. The summed E-state index contributed by atoms with van der Waals surface area (Å²) < 4.78 is 34.4. The largest absolute Gasteiger partial charge is 0.472 e. The first-order valence-electron chi connectivity index (χ1n) is 23.4. The number of carbonyl (C=O) groups excluding carboxylic acids is 2. The average molecular weight is 909 g/mol. The van der Waals surface area contributed by atoms with E-state index in [-0.39, 0.29) is 19.3 Å². The third-order valence-corrected chi connectivity index (χ3v) is 12.9. The highest BCUT2D eigenvalue weighted by atomic mass is 31.2. The minimum absolute atomic E-state index is 0.105. The van der Waals surface area contributed by atoms with Crippen molar-refractivity contribution in [2.45, 2.75) is 223 Å². The maximum absolute atomic E-state index is 13.4. The summed E-state index contributed by atoms with van der Waals surface area (Å²) in [5.41, 5.74) is 0. The molecular formula is C45H81O16P. The summed E-state index contributed by atoms with van der Waals surface area (Å²) in [6, 6.07) is 0. The van der Waals surface area contributed by atoms with E-state index < -0.39 is 112 Å². The van der Waals surface area contributed by atoms with Crippen LogP contribution >= 0.6 is 7.82 Å². The number of carbonyl (C=O) groups is 2. The maximum Gasteiger partial charge on any atom is 0.472 e. The second kappa shape index (κ2) is 32.0. The van der Waals surface area contributed by atoms with Crippen molar-refractivity contribution in [2.75, 3.05) is 13.2 Å². The Morgan fingerprint density at radius 3 is 1.90 bits per heavy atom. The van der Waals surface area contributed by atoms with E-state index in [0.717, 1.165) is 38.5 Å². The molecule has 62 heavy (non-hydrogen) atoms. The molecule has 0 aromatic heterocycles. The van der Waals surface area contributed by atoms with Gasteiger partial charge in [0.2, 0.25) is 0 Å². The number of cyclic esters (lactones) is 1. The SMILES string of the molecule is CCCCCCCCCCCCCCCCCC(=O)OC[C@@H]1COP(=O)(O)O[C@H]2[C@H](O)[C@@H](O)[C@H](O)[C@H](CC=CCC(=O)O1)[C@@H](O)C[C@@H](O)[C@H](C=C[C@H](O)CCCCC)[C@@H](O)[C@H]2O. The lowest BCUT2D eigenvalue weighted by molar-refractivity contribution is -0.167. The average Bonchev–Trinajstić information content (AvgIpc) is 3.23. The number of phosphoric ester groups is 1. The number of fused-ring (bicyclic) bond motifs is 4. The van der Waals surface area contributed by atoms with Gasteiger partial charge in [0, 0.05) is 24.7 Å². The van der Waals surface area contributed by atoms with Crippen LogP contribution < -0.4 is 0 Å². The highest BCUT2D eigenvalue weighted by Gasteiger charge is 2.49. The summed E-state index contributed by atoms with van der Waals surface area (Å²) >= 11 is 0. The topological polar surface area (TPSA) is 270 Å². The molecule has 1 heterocycles. The van der Waals surface area contributed by atoms with Crippen molar-refractivity contribution in [1.29, 1.82) is 0 Å². The zero-order valence-electron chi connectivity index (χ0n) is 37.2. The number of aliphatic hydroxyl groups excluding tert-OH is 8. The van der Waals surface area contributed by atoms with Crippen LogP contribution in [0.5, 0.6) is 0 Å². The summed E-state index contributed by atoms with van der Waals surface area (Å²) in [7, 11) is -5.42. The Morgan fingerprint density at radius 1 is 0.758 bits per heavy atom. The number of aliphatic hydroxyl groups is 8. The molecule has 1 fully saturated rings. The smallest absolute Gasteiger partial charge is 0.462 e. The molecule has 1 aliphatic carbocycles. The van der Waals surface area contributed by atoms with Crippen molar-refractivity contribution < 1.29 is 78.4 Å². The van der Waals surface area contributed by atoms with E-state index in [1.807, 2.05) is 6.92 Å². The second-order valence-electron chi connectivity index (χ2n) is 17.3. The van der Waals surface area contributed by atoms with Gasteiger partial charge in [0.15, 0.2) is 6.10 Å². The number of ether oxygens (including phenoxy) is 2. The van der Waals surface area contributed by atoms with E-state index in [0.29, 0.717) is 19.3 Å². The molecule has 0 saturated heterocycles. The van der Waals surface area contributed by atoms with E-state index in [9.17, 15) is 59.9 Å². The first-order valence-corrected chi connectivity index (χ1v) is 24.9. The standard InChI is InChI=1S/C45H81O16P/c1-3-5-7-8-9-10-11-12-13-14-15-16-17-18-20-25-38(49)58-30-33-31-59-62(56,57)61-45-43(54)41(52)35(28-27-32(46)23-19-6-4-2)37(48)29-36(47)34(40(51)42(53)44(45)55)24-21-22-26-39(50)60-33/h21-22,27-28,32-37,40-48,51-55H,3-20,23-26,29-31H2,1-2H3,(H,56,57)/t32-,33-,34-,35+,36+,37-,40-,41-,42+,43-,44-,45-/m1/s1. The van der Waals surface area contributed by atoms with Gasteiger partial charge in [-0.2, -0.15) is 0 Å². The zero-order chi connectivity index (χ0) is 45.9. The third kappa shape index (κ3) is 22.4. The van der Waals surface area contributed by atoms with Gasteiger partial charge in [-0.15, -0.1) is 0 Å². The lowest BCUT2D eigenvalue weighted by Crippen LogP contribution is -2.55. The van der Waals surface area contributed by atoms with Crippen LogP contribution in [-0.2, 0) is 32.7 Å². The van der Waals surface area contributed by atoms with Crippen molar-refractivity contribution in [1.82, 2.24) is 0 Å². The normalized spacial score (nSPS) is 32.4. The number of rotatable bonds is 24. The predicted molar refractivity (Wildman–Crippen MR) is 232 cm³/mol. The molecule has 16 nitrogen and oxygen atoms in total. The van der Waals surface area contributed by atoms with Crippen LogP contribution in [0.25, 0.3) is 0 Å². The van der Waals surface area contributed by atoms with Crippen LogP contribution in [0.1, 0.15) is 162 Å². The number of phosphoric acid groups is 1. The Balaban J connectivity index is 2.11. The molecule has 362 valence electrons. The number of allylic oxidation sites excluding steroid dienone is 1. The maximum atomic E-state index is 13.4. The van der Waals surface area contributed by atoms with E-state index in [1.165, 1.54) is 88.5 Å². The Morgan fingerprint density at radius 2 is 1.31 bits per heavy atom. The number of hydrogen-bond donors (Lipinski definition) is 9. The fraction of sp³-hybridized carbons (Fsp3) is 0.867. The fourth-order valence-electron chi connectivity index (χ4n) is 7.97. The molecule has 2 aliphatic rings. The molecule has 0 spiro atoms. The van der Waals surface area contributed by atoms with Crippen LogP contribution in [-0.4, -0.2) is 132 Å². The van der Waals surface area contributed by atoms with Crippen LogP contribution in [0.4, 0.5) is 0 Å². The van der Waals surface area contributed by atoms with Gasteiger partial charge in [0.05, 0.1) is 43.5 Å². The second-order valence-corrected chi connectivity index (χ2v) is 18.7. The third-order valence-electron chi connectivity index (χ3n) is 11.9. The monoisotopic (exact) mass is 909 g/mol. The molecule has 1 saturated carbocycles. The van der Waals surface area contributed by atoms with Crippen LogP contribution in [0.2, 0.25) is 0 Å². The Bertz CT molecular complexity index is 1320. The summed E-state index contributed by atoms with van der Waals surface area (Å²) in [6.07, 6.45) is 5.46. The van der Waals surface area contributed by atoms with Crippen LogP contribution in [0, 0.1) is 11.8 Å². The molecule has 2 rings (SSSR count). The van der Waals surface area contributed by atoms with Crippen molar-refractivity contribution in [2.24, 2.45) is 11.8 Å². The number of hydrogen-bond acceptors (Lipinski definition) is 15. The Kier molecular flexibility index (Phi) is 29.1. The van der Waals surface area contributed by atoms with Gasteiger partial charge in [0.25, 0.3) is 0 Å². The molecule has 1 aliphatic heterocycles. The van der Waals surface area contributed by atoms with Crippen LogP contribution in [0.15, 0.2) is 24.3 Å². The molecule has 2 bridgehead atoms. The quantitative estimate of drug-likeness (QED) is 0.0260. The molecule has 9 N–H and O–H groups in total. The summed E-state index contributed by atoms with van der Waals surface area (Å²) in [4.78, 5) is 36.3. The van der Waals surface area contributed by atoms with Crippen molar-refractivity contribution in [3.63, 3.8) is 0 Å². The van der Waals surface area contributed by atoms with Crippen LogP contribution in [0.3, 0.4) is 0 Å². The minimum Gasteiger partial charge on any atom is -0.462 e. The molecule has 0 radical (unpaired) electrons. The van der Waals surface area contributed by atoms with Gasteiger partial charge in [-0.1, -0.05) is 147 Å². The van der Waals surface area contributed by atoms with Gasteiger partial charge >= 0.3 is 19.8 Å². The fourth-order valence-corrected chi connectivity index (χ4v) is 8.94. The lowest BCUT2D eigenvalue weighted by Gasteiger charge is -2.37. The van der Waals surface area contributed by atoms with Gasteiger partial charge in [-0.25, -0.2) is 4.57 Å². The molecular weight excluding hydrogens is 827 g/mol. The summed E-state index contributed by atoms with van der Waals surface area (Å²) in [6.45, 7) is 2.81. The van der Waals surface area contributed by atoms with E-state index >= 15 is 0 Å². The lowest BCUT2D eigenvalue weighted by atomic mass is 9.83. The highest BCUT2D eigenvalue weighted by molar-refractivity contribution is 7.47. The van der Waals surface area contributed by atoms with E-state index in [1.54, 1.807) is 0 Å². The van der Waals surface area contributed by atoms with Gasteiger partial charge in [0.1, 0.15) is 31.0 Å². The molecule has 0 amide bonds. The predicted octanol–water partition coefficient (Wildman–Crippen LogP) is 5.21. The van der Waals surface area contributed by atoms with Crippen molar-refractivity contribution >= 4 is 19.8 Å². The zero-order valence-corrected chi connectivity index (χ0v) is 38.1. The summed E-state index contributed by atoms with van der Waals surface area (Å²) in [5, 5.41) is 89.4. The van der Waals surface area contributed by atoms with E-state index in [2.05, 4.69) is 6.92 Å². The first kappa shape index (κ1) is 56.3. The first-order chi connectivity index (χ1) is 29.6. The van der Waals surface area contributed by atoms with Crippen molar-refractivity contribution in [3.8, 4) is 0 Å². The Labute approximate surface area is 369 Å². The number of unbranched alkanes of at least 4 members (excludes halogenated alkanes) is 16. The number of esters is 2. The van der Waals surface area contributed by atoms with E-state index in [4.69, 9.17) is 18.5 Å². The van der Waals surface area contributed by atoms with Gasteiger partial charge in [-0.3, -0.25) is 18.6 Å². The summed E-state index contributed by atoms with van der Waals surface area (Å²) in [5.74, 6) is -4.23. The molecule has 0 aromatic carbocycles. The molecule has 0 aromatic rings. The molecule has 13 atom stereocenters. The van der Waals surface area contributed by atoms with Gasteiger partial charge in [-0.05, 0) is 19.3 Å². The molecule has 1 unspecified atom stereocenters. The van der Waals surface area contributed by atoms with Crippen molar-refractivity contribution in [3.05, 3.63) is 24.3 Å². The Hall–Kier alpha value is -1.79. The molecule has 17 heteroatoms. The van der Waals surface area contributed by atoms with Gasteiger partial charge < -0.3 is 55.2 Å². The highest BCUT2D eigenvalue weighted by Crippen LogP contribution is 2.47.